The Labute approximate surface area is 429 Å². The first kappa shape index (κ1) is 57.2. The van der Waals surface area contributed by atoms with Gasteiger partial charge in [0.1, 0.15) is 42.0 Å². The zero-order chi connectivity index (χ0) is 53.2. The highest BCUT2D eigenvalue weighted by Crippen LogP contribution is 2.25. The number of unbranched alkanes of at least 4 members (excludes halogenated alkanes) is 1. The van der Waals surface area contributed by atoms with Crippen LogP contribution in [0.15, 0.2) is 85.1 Å². The Balaban J connectivity index is 1.58. The Morgan fingerprint density at radius 1 is 0.726 bits per heavy atom. The number of aliphatic carboxylic acids is 1. The molecular weight excluding hydrogens is 985 g/mol. The molecule has 1 fully saturated rings. The van der Waals surface area contributed by atoms with Crippen LogP contribution >= 0.6 is 21.6 Å². The molecule has 0 spiro atoms. The number of nitrogens with one attached hydrogen (secondary N) is 8. The lowest BCUT2D eigenvalue weighted by atomic mass is 10.0. The summed E-state index contributed by atoms with van der Waals surface area (Å²) < 4.78 is 0. The number of phenolic OH excluding ortho intramolecular Hbond substituents is 1. The predicted molar refractivity (Wildman–Crippen MR) is 274 cm³/mol. The Morgan fingerprint density at radius 2 is 1.34 bits per heavy atom. The first-order chi connectivity index (χ1) is 34.8. The molecular formula is C49H64N10O12S2. The number of para-hydroxylation sites is 1. The number of benzene rings is 3. The number of phenols is 1. The third-order valence-corrected chi connectivity index (χ3v) is 14.3. The zero-order valence-electron chi connectivity index (χ0n) is 40.2. The highest BCUT2D eigenvalue weighted by Gasteiger charge is 2.37. The van der Waals surface area contributed by atoms with E-state index in [0.717, 1.165) is 45.0 Å². The van der Waals surface area contributed by atoms with Crippen molar-refractivity contribution in [2.24, 2.45) is 11.5 Å². The summed E-state index contributed by atoms with van der Waals surface area (Å²) in [5, 5.41) is 59.6. The van der Waals surface area contributed by atoms with Crippen LogP contribution in [0.3, 0.4) is 0 Å². The van der Waals surface area contributed by atoms with E-state index in [0.29, 0.717) is 24.0 Å². The molecule has 0 saturated carbocycles. The fourth-order valence-electron chi connectivity index (χ4n) is 7.79. The SMILES string of the molecule is C[C@@H](O)C1NC(=O)[C@H](CCCCN)NC(=O)[C@@H](Cc2c[nH]c3ccccc23)NC(=O)C(Cc2ccc(O)cc2)NC(=O)[C@@H](NC(=O)[C@H](N)Cc2ccccc2)CSSCC(C(=O)N[C@H](C(=O)O)[C@@H](C)O)NC1=O. The van der Waals surface area contributed by atoms with Gasteiger partial charge in [-0.1, -0.05) is 82.3 Å². The molecule has 7 amide bonds. The van der Waals surface area contributed by atoms with E-state index in [-0.39, 0.29) is 49.5 Å². The van der Waals surface area contributed by atoms with Crippen LogP contribution in [-0.4, -0.2) is 151 Å². The van der Waals surface area contributed by atoms with E-state index < -0.39 is 108 Å². The highest BCUT2D eigenvalue weighted by atomic mass is 33.1. The molecule has 3 unspecified atom stereocenters. The summed E-state index contributed by atoms with van der Waals surface area (Å²) in [6.45, 7) is 2.56. The van der Waals surface area contributed by atoms with Crippen molar-refractivity contribution >= 4 is 79.8 Å². The van der Waals surface area contributed by atoms with Gasteiger partial charge in [0.05, 0.1) is 18.2 Å². The second-order valence-electron chi connectivity index (χ2n) is 17.7. The number of aliphatic hydroxyl groups excluding tert-OH is 2. The number of H-pyrrole nitrogens is 1. The number of hydrogen-bond acceptors (Lipinski definition) is 15. The monoisotopic (exact) mass is 1050 g/mol. The molecule has 0 aliphatic carbocycles. The number of hydrogen-bond donors (Lipinski definition) is 14. The summed E-state index contributed by atoms with van der Waals surface area (Å²) in [5.41, 5.74) is 14.7. The smallest absolute Gasteiger partial charge is 0.328 e. The predicted octanol–water partition coefficient (Wildman–Crippen LogP) is -1.01. The van der Waals surface area contributed by atoms with Crippen LogP contribution < -0.4 is 48.7 Å². The van der Waals surface area contributed by atoms with Gasteiger partial charge in [0.25, 0.3) is 0 Å². The number of nitrogens with two attached hydrogens (primary N) is 2. The maximum atomic E-state index is 14.7. The molecule has 1 aromatic heterocycles. The number of carboxylic acids is 1. The minimum absolute atomic E-state index is 0.0207. The normalized spacial score (nSPS) is 22.5. The third kappa shape index (κ3) is 17.2. The fraction of sp³-hybridized carbons (Fsp3) is 0.429. The molecule has 1 saturated heterocycles. The van der Waals surface area contributed by atoms with Gasteiger partial charge in [-0.25, -0.2) is 4.79 Å². The number of aliphatic hydroxyl groups is 2. The second kappa shape index (κ2) is 27.9. The lowest BCUT2D eigenvalue weighted by molar-refractivity contribution is -0.145. The zero-order valence-corrected chi connectivity index (χ0v) is 41.9. The summed E-state index contributed by atoms with van der Waals surface area (Å²) in [7, 11) is 1.86. The van der Waals surface area contributed by atoms with E-state index in [4.69, 9.17) is 11.5 Å². The van der Waals surface area contributed by atoms with Crippen molar-refractivity contribution in [2.75, 3.05) is 18.1 Å². The van der Waals surface area contributed by atoms with Crippen LogP contribution in [0.4, 0.5) is 0 Å². The number of aromatic nitrogens is 1. The summed E-state index contributed by atoms with van der Waals surface area (Å²) in [6, 6.07) is 9.98. The van der Waals surface area contributed by atoms with Crippen molar-refractivity contribution in [1.82, 2.24) is 42.2 Å². The average molecular weight is 1050 g/mol. The first-order valence-electron chi connectivity index (χ1n) is 23.6. The van der Waals surface area contributed by atoms with Gasteiger partial charge in [-0.05, 0) is 81.0 Å². The number of aromatic amines is 1. The molecule has 5 rings (SSSR count). The quantitative estimate of drug-likeness (QED) is 0.0445. The van der Waals surface area contributed by atoms with Crippen LogP contribution in [0, 0.1) is 0 Å². The largest absolute Gasteiger partial charge is 0.508 e. The van der Waals surface area contributed by atoms with Crippen molar-refractivity contribution < 1.29 is 58.8 Å². The van der Waals surface area contributed by atoms with Gasteiger partial charge in [0, 0.05) is 41.4 Å². The summed E-state index contributed by atoms with van der Waals surface area (Å²) in [5.74, 6) is -8.59. The van der Waals surface area contributed by atoms with Crippen molar-refractivity contribution in [3.63, 3.8) is 0 Å². The number of rotatable bonds is 17. The molecule has 3 aromatic carbocycles. The van der Waals surface area contributed by atoms with Crippen molar-refractivity contribution in [3.8, 4) is 5.75 Å². The molecule has 0 bridgehead atoms. The van der Waals surface area contributed by atoms with Gasteiger partial charge in [0.2, 0.25) is 41.4 Å². The maximum absolute atomic E-state index is 14.7. The van der Waals surface area contributed by atoms with Gasteiger partial charge >= 0.3 is 5.97 Å². The Morgan fingerprint density at radius 3 is 2.00 bits per heavy atom. The first-order valence-corrected chi connectivity index (χ1v) is 26.1. The minimum atomic E-state index is -1.82. The van der Waals surface area contributed by atoms with Crippen LogP contribution in [0.5, 0.6) is 5.75 Å². The van der Waals surface area contributed by atoms with Crippen LogP contribution in [0.1, 0.15) is 49.8 Å². The molecule has 4 aromatic rings. The van der Waals surface area contributed by atoms with E-state index in [2.05, 4.69) is 42.2 Å². The Kier molecular flexibility index (Phi) is 21.9. The lowest BCUT2D eigenvalue weighted by Crippen LogP contribution is -2.62. The van der Waals surface area contributed by atoms with Crippen LogP contribution in [-0.2, 0) is 57.6 Å². The van der Waals surface area contributed by atoms with Gasteiger partial charge in [-0.2, -0.15) is 0 Å². The van der Waals surface area contributed by atoms with Crippen molar-refractivity contribution in [2.45, 2.75) is 113 Å². The summed E-state index contributed by atoms with van der Waals surface area (Å²) in [6.07, 6.45) is -1.03. The fourth-order valence-corrected chi connectivity index (χ4v) is 10.1. The number of carboxylic acid groups (broad SMARTS) is 1. The van der Waals surface area contributed by atoms with E-state index in [9.17, 15) is 58.8 Å². The topological polar surface area (TPSA) is 370 Å². The van der Waals surface area contributed by atoms with Gasteiger partial charge in [-0.15, -0.1) is 0 Å². The van der Waals surface area contributed by atoms with Crippen LogP contribution in [0.2, 0.25) is 0 Å². The molecule has 16 N–H and O–H groups in total. The van der Waals surface area contributed by atoms with Gasteiger partial charge in [0.15, 0.2) is 6.04 Å². The Hall–Kier alpha value is -6.70. The molecule has 73 heavy (non-hydrogen) atoms. The van der Waals surface area contributed by atoms with E-state index in [1.165, 1.54) is 31.2 Å². The molecule has 2 heterocycles. The van der Waals surface area contributed by atoms with Crippen LogP contribution in [0.25, 0.3) is 10.9 Å². The van der Waals surface area contributed by atoms with E-state index in [1.807, 2.05) is 18.2 Å². The summed E-state index contributed by atoms with van der Waals surface area (Å²) in [4.78, 5) is 115. The van der Waals surface area contributed by atoms with Gasteiger partial charge < -0.3 is 74.1 Å². The Bertz CT molecular complexity index is 2530. The number of amides is 7. The average Bonchev–Trinajstić information content (AvgIpc) is 3.76. The second-order valence-corrected chi connectivity index (χ2v) is 20.2. The number of fused-ring (bicyclic) bond motifs is 1. The molecule has 1 aliphatic rings. The van der Waals surface area contributed by atoms with Crippen molar-refractivity contribution in [1.29, 1.82) is 0 Å². The molecule has 10 atom stereocenters. The minimum Gasteiger partial charge on any atom is -0.508 e. The number of carbonyl (C=O) groups is 8. The molecule has 394 valence electrons. The highest BCUT2D eigenvalue weighted by molar-refractivity contribution is 8.76. The van der Waals surface area contributed by atoms with Crippen molar-refractivity contribution in [3.05, 3.63) is 102 Å². The lowest BCUT2D eigenvalue weighted by Gasteiger charge is -2.29. The molecule has 22 nitrogen and oxygen atoms in total. The molecule has 1 aliphatic heterocycles. The standard InChI is InChI=1S/C49H64N10O12S2/c1-26(60)40-48(69)57-39(47(68)59-41(27(2)61)49(70)71)25-73-72-24-38(56-42(63)33(51)20-28-10-4-3-5-11-28)46(67)54-36(21-29-15-17-31(62)18-16-29)44(65)55-37(22-30-23-52-34-13-7-6-12-32(30)34)45(66)53-35(43(64)58-40)14-8-9-19-50/h3-7,10-13,15-18,23,26-27,33,35-41,52,60-62H,8-9,14,19-22,24-25,50-51H2,1-2H3,(H,53,66)(H,54,67)(H,55,65)(H,56,63)(H,57,69)(H,58,64)(H,59,68)(H,70,71)/t26-,27-,33-,35+,36?,37-,38+,39?,40?,41+/m1/s1. The number of carbonyl (C=O) groups excluding carboxylic acids is 7. The van der Waals surface area contributed by atoms with Gasteiger partial charge in [-0.3, -0.25) is 33.6 Å². The van der Waals surface area contributed by atoms with E-state index in [1.54, 1.807) is 42.6 Å². The third-order valence-electron chi connectivity index (χ3n) is 11.9. The van der Waals surface area contributed by atoms with E-state index >= 15 is 0 Å². The summed E-state index contributed by atoms with van der Waals surface area (Å²) >= 11 is 0. The molecule has 0 radical (unpaired) electrons. The molecule has 24 heteroatoms. The maximum Gasteiger partial charge on any atom is 0.328 e. The number of aromatic hydroxyl groups is 1.